The van der Waals surface area contributed by atoms with E-state index in [4.69, 9.17) is 24.8 Å². The number of carboxylic acid groups (broad SMARTS) is 3. The SMILES string of the molecule is CC(C)[C@H]([NH3+])C(=O)OCCCC(=O)OCc1ccccc1.O=C([O-])CC(O)(CC(=O)O)C(=O)O. The molecule has 1 aromatic rings. The molecule has 2 atom stereocenters. The second-order valence-electron chi connectivity index (χ2n) is 7.72. The fourth-order valence-electron chi connectivity index (χ4n) is 2.28. The molecule has 0 saturated carbocycles. The van der Waals surface area contributed by atoms with Gasteiger partial charge in [-0.2, -0.15) is 0 Å². The minimum atomic E-state index is -2.80. The van der Waals surface area contributed by atoms with Gasteiger partial charge in [-0.1, -0.05) is 44.2 Å². The zero-order valence-electron chi connectivity index (χ0n) is 19.1. The molecule has 1 rings (SSSR count). The first-order valence-electron chi connectivity index (χ1n) is 10.3. The minimum Gasteiger partial charge on any atom is -0.550 e. The Morgan fingerprint density at radius 1 is 1.03 bits per heavy atom. The third kappa shape index (κ3) is 13.1. The maximum absolute atomic E-state index is 11.5. The summed E-state index contributed by atoms with van der Waals surface area (Å²) >= 11 is 0. The first-order valence-corrected chi connectivity index (χ1v) is 10.3. The lowest BCUT2D eigenvalue weighted by Crippen LogP contribution is -2.67. The molecular formula is C22H31NO11. The summed E-state index contributed by atoms with van der Waals surface area (Å²) in [5.74, 6) is -5.79. The number of rotatable bonds is 13. The molecule has 1 aromatic carbocycles. The van der Waals surface area contributed by atoms with Crippen LogP contribution >= 0.6 is 0 Å². The number of carboxylic acids is 3. The van der Waals surface area contributed by atoms with Gasteiger partial charge in [0.05, 0.1) is 13.0 Å². The quantitative estimate of drug-likeness (QED) is 0.191. The zero-order valence-corrected chi connectivity index (χ0v) is 19.1. The third-order valence-corrected chi connectivity index (χ3v) is 4.40. The van der Waals surface area contributed by atoms with E-state index in [1.807, 2.05) is 44.2 Å². The van der Waals surface area contributed by atoms with Crippen molar-refractivity contribution in [3.63, 3.8) is 0 Å². The van der Waals surface area contributed by atoms with E-state index < -0.39 is 36.4 Å². The van der Waals surface area contributed by atoms with E-state index in [0.29, 0.717) is 6.42 Å². The van der Waals surface area contributed by atoms with Crippen LogP contribution in [0.2, 0.25) is 0 Å². The number of aliphatic hydroxyl groups is 1. The Balaban J connectivity index is 0.000000722. The predicted octanol–water partition coefficient (Wildman–Crippen LogP) is -1.26. The molecule has 0 spiro atoms. The van der Waals surface area contributed by atoms with Crippen LogP contribution in [0.4, 0.5) is 0 Å². The molecule has 0 aliphatic carbocycles. The lowest BCUT2D eigenvalue weighted by atomic mass is 9.96. The summed E-state index contributed by atoms with van der Waals surface area (Å²) in [6.07, 6.45) is -1.74. The van der Waals surface area contributed by atoms with Gasteiger partial charge in [0, 0.05) is 24.7 Å². The maximum Gasteiger partial charge on any atom is 0.365 e. The molecular weight excluding hydrogens is 454 g/mol. The summed E-state index contributed by atoms with van der Waals surface area (Å²) in [5.41, 5.74) is 1.90. The molecule has 0 radical (unpaired) electrons. The Bertz CT molecular complexity index is 807. The topological polar surface area (TPSA) is 215 Å². The Kier molecular flexibility index (Phi) is 13.8. The predicted molar refractivity (Wildman–Crippen MR) is 112 cm³/mol. The van der Waals surface area contributed by atoms with E-state index in [2.05, 4.69) is 5.73 Å². The van der Waals surface area contributed by atoms with E-state index in [0.717, 1.165) is 5.56 Å². The molecule has 190 valence electrons. The van der Waals surface area contributed by atoms with Crippen LogP contribution in [0, 0.1) is 5.92 Å². The Labute approximate surface area is 196 Å². The van der Waals surface area contributed by atoms with Crippen molar-refractivity contribution in [1.82, 2.24) is 0 Å². The van der Waals surface area contributed by atoms with Crippen LogP contribution in [0.5, 0.6) is 0 Å². The molecule has 0 amide bonds. The van der Waals surface area contributed by atoms with Gasteiger partial charge in [-0.25, -0.2) is 9.59 Å². The number of hydrogen-bond acceptors (Lipinski definition) is 9. The van der Waals surface area contributed by atoms with Gasteiger partial charge >= 0.3 is 23.9 Å². The number of aliphatic carboxylic acids is 3. The molecule has 0 fully saturated rings. The molecule has 0 heterocycles. The van der Waals surface area contributed by atoms with E-state index in [1.54, 1.807) is 0 Å². The number of benzene rings is 1. The smallest absolute Gasteiger partial charge is 0.365 e. The van der Waals surface area contributed by atoms with Crippen molar-refractivity contribution in [2.24, 2.45) is 5.92 Å². The maximum atomic E-state index is 11.5. The number of carbonyl (C=O) groups excluding carboxylic acids is 3. The molecule has 0 aliphatic heterocycles. The lowest BCUT2D eigenvalue weighted by Gasteiger charge is -2.21. The minimum absolute atomic E-state index is 0.147. The van der Waals surface area contributed by atoms with Gasteiger partial charge in [0.25, 0.3) is 0 Å². The number of ether oxygens (including phenoxy) is 2. The molecule has 0 aliphatic rings. The average Bonchev–Trinajstić information content (AvgIpc) is 2.74. The molecule has 12 heteroatoms. The van der Waals surface area contributed by atoms with Gasteiger partial charge in [-0.05, 0) is 12.0 Å². The van der Waals surface area contributed by atoms with Crippen molar-refractivity contribution in [1.29, 1.82) is 0 Å². The molecule has 1 unspecified atom stereocenters. The van der Waals surface area contributed by atoms with E-state index in [-0.39, 0.29) is 43.5 Å². The summed E-state index contributed by atoms with van der Waals surface area (Å²) < 4.78 is 10.2. The highest BCUT2D eigenvalue weighted by molar-refractivity contribution is 5.87. The molecule has 6 N–H and O–H groups in total. The van der Waals surface area contributed by atoms with Crippen LogP contribution in [0.15, 0.2) is 30.3 Å². The van der Waals surface area contributed by atoms with Gasteiger partial charge in [-0.15, -0.1) is 0 Å². The Hall–Kier alpha value is -3.51. The monoisotopic (exact) mass is 485 g/mol. The van der Waals surface area contributed by atoms with Gasteiger partial charge in [-0.3, -0.25) is 9.59 Å². The normalized spacial score (nSPS) is 13.0. The van der Waals surface area contributed by atoms with Gasteiger partial charge in [0.2, 0.25) is 0 Å². The second-order valence-corrected chi connectivity index (χ2v) is 7.72. The van der Waals surface area contributed by atoms with Gasteiger partial charge in [0.15, 0.2) is 11.6 Å². The molecule has 0 saturated heterocycles. The molecule has 12 nitrogen and oxygen atoms in total. The standard InChI is InChI=1S/C16H23NO4.C6H8O7/c1-12(2)15(17)16(19)20-10-6-9-14(18)21-11-13-7-4-3-5-8-13;7-3(8)1-6(13,5(11)12)2-4(9)10/h3-5,7-8,12,15H,6,9-11,17H2,1-2H3;13H,1-2H2,(H,7,8)(H,9,10)(H,11,12)/t15-;/m0./s1. The van der Waals surface area contributed by atoms with Crippen LogP contribution in [0.25, 0.3) is 0 Å². The van der Waals surface area contributed by atoms with Crippen LogP contribution < -0.4 is 10.8 Å². The van der Waals surface area contributed by atoms with Crippen molar-refractivity contribution in [2.75, 3.05) is 6.61 Å². The first kappa shape index (κ1) is 30.5. The van der Waals surface area contributed by atoms with E-state index in [1.165, 1.54) is 0 Å². The average molecular weight is 485 g/mol. The second kappa shape index (κ2) is 15.3. The van der Waals surface area contributed by atoms with Crippen LogP contribution in [-0.4, -0.2) is 63.4 Å². The van der Waals surface area contributed by atoms with Crippen LogP contribution in [-0.2, 0) is 40.1 Å². The summed E-state index contributed by atoms with van der Waals surface area (Å²) in [4.78, 5) is 53.4. The van der Waals surface area contributed by atoms with Crippen molar-refractivity contribution in [3.8, 4) is 0 Å². The molecule has 34 heavy (non-hydrogen) atoms. The van der Waals surface area contributed by atoms with Crippen molar-refractivity contribution in [2.45, 2.75) is 57.8 Å². The number of quaternary nitrogens is 1. The summed E-state index contributed by atoms with van der Waals surface area (Å²) in [5, 5.41) is 35.5. The lowest BCUT2D eigenvalue weighted by molar-refractivity contribution is -0.418. The fourth-order valence-corrected chi connectivity index (χ4v) is 2.28. The Morgan fingerprint density at radius 3 is 2.09 bits per heavy atom. The Morgan fingerprint density at radius 2 is 1.62 bits per heavy atom. The van der Waals surface area contributed by atoms with E-state index >= 15 is 0 Å². The highest BCUT2D eigenvalue weighted by atomic mass is 16.5. The van der Waals surface area contributed by atoms with Crippen molar-refractivity contribution >= 4 is 29.8 Å². The number of hydrogen-bond donors (Lipinski definition) is 4. The molecule has 0 bridgehead atoms. The van der Waals surface area contributed by atoms with Crippen LogP contribution in [0.3, 0.4) is 0 Å². The largest absolute Gasteiger partial charge is 0.550 e. The highest BCUT2D eigenvalue weighted by Gasteiger charge is 2.38. The summed E-state index contributed by atoms with van der Waals surface area (Å²) in [6, 6.07) is 9.13. The fraction of sp³-hybridized carbons (Fsp3) is 0.500. The third-order valence-electron chi connectivity index (χ3n) is 4.40. The van der Waals surface area contributed by atoms with E-state index in [9.17, 15) is 29.1 Å². The summed E-state index contributed by atoms with van der Waals surface area (Å²) in [7, 11) is 0. The zero-order chi connectivity index (χ0) is 26.3. The van der Waals surface area contributed by atoms with Crippen molar-refractivity contribution < 1.29 is 59.6 Å². The van der Waals surface area contributed by atoms with Gasteiger partial charge < -0.3 is 40.4 Å². The number of carbonyl (C=O) groups is 5. The van der Waals surface area contributed by atoms with Crippen LogP contribution in [0.1, 0.15) is 45.1 Å². The highest BCUT2D eigenvalue weighted by Crippen LogP contribution is 2.15. The first-order chi connectivity index (χ1) is 15.8. The summed E-state index contributed by atoms with van der Waals surface area (Å²) in [6.45, 7) is 4.32. The molecule has 0 aromatic heterocycles. The van der Waals surface area contributed by atoms with Gasteiger partial charge in [0.1, 0.15) is 6.61 Å². The number of esters is 2. The van der Waals surface area contributed by atoms with Crippen molar-refractivity contribution in [3.05, 3.63) is 35.9 Å².